The van der Waals surface area contributed by atoms with Crippen LogP contribution in [0.15, 0.2) is 30.7 Å². The Morgan fingerprint density at radius 1 is 1.40 bits per heavy atom. The average molecular weight is 199 g/mol. The Morgan fingerprint density at radius 3 is 3.13 bits per heavy atom. The third-order valence-corrected chi connectivity index (χ3v) is 2.90. The third-order valence-electron chi connectivity index (χ3n) is 2.90. The Morgan fingerprint density at radius 2 is 2.33 bits per heavy atom. The minimum Gasteiger partial charge on any atom is -0.384 e. The van der Waals surface area contributed by atoms with Crippen LogP contribution in [0.5, 0.6) is 0 Å². The number of benzene rings is 1. The van der Waals surface area contributed by atoms with Gasteiger partial charge in [0.2, 0.25) is 0 Å². The van der Waals surface area contributed by atoms with Gasteiger partial charge in [-0.05, 0) is 31.0 Å². The Labute approximate surface area is 88.8 Å². The molecule has 3 nitrogen and oxygen atoms in total. The molecular formula is C12H13N3. The Kier molecular flexibility index (Phi) is 1.78. The van der Waals surface area contributed by atoms with Crippen molar-refractivity contribution in [3.05, 3.63) is 42.0 Å². The molecule has 0 atom stereocenters. The maximum Gasteiger partial charge on any atom is 0.0994 e. The van der Waals surface area contributed by atoms with E-state index in [4.69, 9.17) is 0 Å². The van der Waals surface area contributed by atoms with Crippen molar-refractivity contribution in [1.82, 2.24) is 9.55 Å². The molecule has 1 aliphatic heterocycles. The molecule has 0 unspecified atom stereocenters. The van der Waals surface area contributed by atoms with Crippen molar-refractivity contribution in [3.8, 4) is 5.69 Å². The van der Waals surface area contributed by atoms with Crippen LogP contribution in [0, 0.1) is 6.92 Å². The van der Waals surface area contributed by atoms with Crippen LogP contribution in [-0.4, -0.2) is 16.1 Å². The first kappa shape index (κ1) is 8.53. The lowest BCUT2D eigenvalue weighted by molar-refractivity contribution is 1.00. The number of fused-ring (bicyclic) bond motifs is 1. The number of imidazole rings is 1. The second-order valence-corrected chi connectivity index (χ2v) is 3.92. The molecule has 0 aliphatic carbocycles. The van der Waals surface area contributed by atoms with Crippen molar-refractivity contribution in [2.24, 2.45) is 0 Å². The molecule has 0 fully saturated rings. The van der Waals surface area contributed by atoms with Crippen molar-refractivity contribution in [2.75, 3.05) is 11.9 Å². The van der Waals surface area contributed by atoms with Gasteiger partial charge in [0.05, 0.1) is 6.33 Å². The summed E-state index contributed by atoms with van der Waals surface area (Å²) in [5.41, 5.74) is 5.02. The van der Waals surface area contributed by atoms with E-state index in [1.807, 2.05) is 12.5 Å². The number of hydrogen-bond donors (Lipinski definition) is 1. The maximum absolute atomic E-state index is 4.13. The van der Waals surface area contributed by atoms with Gasteiger partial charge in [-0.25, -0.2) is 4.98 Å². The molecule has 0 radical (unpaired) electrons. The highest BCUT2D eigenvalue weighted by molar-refractivity contribution is 5.60. The van der Waals surface area contributed by atoms with Crippen LogP contribution < -0.4 is 5.32 Å². The second kappa shape index (κ2) is 3.12. The van der Waals surface area contributed by atoms with E-state index in [2.05, 4.69) is 40.0 Å². The quantitative estimate of drug-likeness (QED) is 0.762. The number of hydrogen-bond acceptors (Lipinski definition) is 2. The number of nitrogens with one attached hydrogen (secondary N) is 1. The molecule has 0 bridgehead atoms. The molecule has 1 aliphatic rings. The summed E-state index contributed by atoms with van der Waals surface area (Å²) in [5.74, 6) is 0. The van der Waals surface area contributed by atoms with Crippen LogP contribution in [0.4, 0.5) is 5.69 Å². The lowest BCUT2D eigenvalue weighted by atomic mass is 10.1. The zero-order valence-corrected chi connectivity index (χ0v) is 8.70. The monoisotopic (exact) mass is 199 g/mol. The fourth-order valence-corrected chi connectivity index (χ4v) is 2.06. The van der Waals surface area contributed by atoms with Crippen molar-refractivity contribution in [1.29, 1.82) is 0 Å². The summed E-state index contributed by atoms with van der Waals surface area (Å²) in [4.78, 5) is 4.13. The number of aromatic nitrogens is 2. The molecular weight excluding hydrogens is 186 g/mol. The van der Waals surface area contributed by atoms with E-state index < -0.39 is 0 Å². The van der Waals surface area contributed by atoms with Gasteiger partial charge < -0.3 is 9.88 Å². The van der Waals surface area contributed by atoms with Crippen LogP contribution >= 0.6 is 0 Å². The Balaban J connectivity index is 2.11. The first-order valence-electron chi connectivity index (χ1n) is 5.21. The van der Waals surface area contributed by atoms with Crippen molar-refractivity contribution >= 4 is 5.69 Å². The van der Waals surface area contributed by atoms with E-state index in [0.717, 1.165) is 18.7 Å². The number of anilines is 1. The predicted molar refractivity (Wildman–Crippen MR) is 60.5 cm³/mol. The van der Waals surface area contributed by atoms with E-state index in [1.54, 1.807) is 0 Å². The second-order valence-electron chi connectivity index (χ2n) is 3.92. The average Bonchev–Trinajstić information content (AvgIpc) is 2.84. The molecule has 3 heteroatoms. The smallest absolute Gasteiger partial charge is 0.0994 e. The molecule has 1 N–H and O–H groups in total. The topological polar surface area (TPSA) is 29.9 Å². The molecule has 0 spiro atoms. The van der Waals surface area contributed by atoms with Crippen LogP contribution in [0.3, 0.4) is 0 Å². The molecule has 3 rings (SSSR count). The molecule has 1 aromatic heterocycles. The van der Waals surface area contributed by atoms with E-state index in [1.165, 1.54) is 16.9 Å². The summed E-state index contributed by atoms with van der Waals surface area (Å²) >= 11 is 0. The summed E-state index contributed by atoms with van der Waals surface area (Å²) in [7, 11) is 0. The molecule has 1 aromatic carbocycles. The summed E-state index contributed by atoms with van der Waals surface area (Å²) in [5, 5.41) is 3.39. The zero-order chi connectivity index (χ0) is 10.3. The molecule has 0 saturated heterocycles. The van der Waals surface area contributed by atoms with Gasteiger partial charge >= 0.3 is 0 Å². The standard InChI is InChI=1S/C12H13N3/c1-9-7-13-8-15(9)11-3-2-10-4-5-14-12(10)6-11/h2-3,6-8,14H,4-5H2,1H3. The third kappa shape index (κ3) is 1.31. The first-order valence-corrected chi connectivity index (χ1v) is 5.21. The van der Waals surface area contributed by atoms with E-state index in [9.17, 15) is 0 Å². The number of rotatable bonds is 1. The van der Waals surface area contributed by atoms with Crippen LogP contribution in [0.1, 0.15) is 11.3 Å². The SMILES string of the molecule is Cc1cncn1-c1ccc2c(c1)NCC2. The van der Waals surface area contributed by atoms with Gasteiger partial charge in [0, 0.05) is 29.8 Å². The van der Waals surface area contributed by atoms with Gasteiger partial charge in [-0.2, -0.15) is 0 Å². The lowest BCUT2D eigenvalue weighted by Gasteiger charge is -2.07. The van der Waals surface area contributed by atoms with E-state index >= 15 is 0 Å². The minimum atomic E-state index is 1.06. The minimum absolute atomic E-state index is 1.06. The van der Waals surface area contributed by atoms with E-state index in [-0.39, 0.29) is 0 Å². The van der Waals surface area contributed by atoms with Gasteiger partial charge in [-0.15, -0.1) is 0 Å². The fourth-order valence-electron chi connectivity index (χ4n) is 2.06. The normalized spacial score (nSPS) is 13.7. The molecule has 0 saturated carbocycles. The van der Waals surface area contributed by atoms with Gasteiger partial charge in [0.1, 0.15) is 0 Å². The largest absolute Gasteiger partial charge is 0.384 e. The lowest BCUT2D eigenvalue weighted by Crippen LogP contribution is -1.96. The Hall–Kier alpha value is -1.77. The van der Waals surface area contributed by atoms with Gasteiger partial charge in [-0.1, -0.05) is 6.07 Å². The highest BCUT2D eigenvalue weighted by Crippen LogP contribution is 2.25. The van der Waals surface area contributed by atoms with Gasteiger partial charge in [0.25, 0.3) is 0 Å². The summed E-state index contributed by atoms with van der Waals surface area (Å²) < 4.78 is 2.10. The highest BCUT2D eigenvalue weighted by atomic mass is 15.0. The van der Waals surface area contributed by atoms with Crippen molar-refractivity contribution in [2.45, 2.75) is 13.3 Å². The van der Waals surface area contributed by atoms with Crippen molar-refractivity contribution in [3.63, 3.8) is 0 Å². The molecule has 2 heterocycles. The van der Waals surface area contributed by atoms with E-state index in [0.29, 0.717) is 0 Å². The van der Waals surface area contributed by atoms with Gasteiger partial charge in [-0.3, -0.25) is 0 Å². The number of nitrogens with zero attached hydrogens (tertiary/aromatic N) is 2. The molecule has 76 valence electrons. The fraction of sp³-hybridized carbons (Fsp3) is 0.250. The summed E-state index contributed by atoms with van der Waals surface area (Å²) in [6, 6.07) is 6.54. The van der Waals surface area contributed by atoms with Crippen LogP contribution in [0.2, 0.25) is 0 Å². The molecule has 15 heavy (non-hydrogen) atoms. The van der Waals surface area contributed by atoms with Crippen molar-refractivity contribution < 1.29 is 0 Å². The maximum atomic E-state index is 4.13. The van der Waals surface area contributed by atoms with Crippen LogP contribution in [-0.2, 0) is 6.42 Å². The Bertz CT molecular complexity index is 499. The number of aryl methyl sites for hydroxylation is 1. The van der Waals surface area contributed by atoms with Crippen LogP contribution in [0.25, 0.3) is 5.69 Å². The van der Waals surface area contributed by atoms with Gasteiger partial charge in [0.15, 0.2) is 0 Å². The highest BCUT2D eigenvalue weighted by Gasteiger charge is 2.10. The molecule has 2 aromatic rings. The zero-order valence-electron chi connectivity index (χ0n) is 8.70. The molecule has 0 amide bonds. The first-order chi connectivity index (χ1) is 7.34. The summed E-state index contributed by atoms with van der Waals surface area (Å²) in [6.07, 6.45) is 4.87. The summed E-state index contributed by atoms with van der Waals surface area (Å²) in [6.45, 7) is 3.12. The predicted octanol–water partition coefficient (Wildman–Crippen LogP) is 2.15.